The van der Waals surface area contributed by atoms with Gasteiger partial charge in [-0.2, -0.15) is 5.26 Å². The van der Waals surface area contributed by atoms with Gasteiger partial charge < -0.3 is 10.1 Å². The highest BCUT2D eigenvalue weighted by atomic mass is 19.3. The lowest BCUT2D eigenvalue weighted by molar-refractivity contribution is -0.389. The minimum absolute atomic E-state index is 0.0121. The molecule has 5 nitrogen and oxygen atoms in total. The van der Waals surface area contributed by atoms with Crippen LogP contribution in [0.1, 0.15) is 17.7 Å². The Bertz CT molecular complexity index is 428. The predicted octanol–water partition coefficient (Wildman–Crippen LogP) is 1.99. The van der Waals surface area contributed by atoms with Gasteiger partial charge in [0, 0.05) is 11.6 Å². The normalized spacial score (nSPS) is 10.0. The molecule has 0 saturated carbocycles. The maximum atomic E-state index is 12.4. The van der Waals surface area contributed by atoms with Gasteiger partial charge >= 0.3 is 12.2 Å². The van der Waals surface area contributed by atoms with E-state index in [2.05, 4.69) is 4.98 Å². The van der Waals surface area contributed by atoms with Gasteiger partial charge in [-0.05, 0) is 16.0 Å². The molecule has 7 heteroatoms. The molecular weight excluding hydrogens is 208 g/mol. The fourth-order valence-corrected chi connectivity index (χ4v) is 1.02. The summed E-state index contributed by atoms with van der Waals surface area (Å²) >= 11 is 0. The molecule has 0 aliphatic heterocycles. The summed E-state index contributed by atoms with van der Waals surface area (Å²) in [6, 6.07) is 3.80. The first-order valence-electron chi connectivity index (χ1n) is 3.85. The van der Waals surface area contributed by atoms with Crippen molar-refractivity contribution in [3.63, 3.8) is 0 Å². The first-order valence-corrected chi connectivity index (χ1v) is 3.85. The van der Waals surface area contributed by atoms with Crippen LogP contribution in [0.25, 0.3) is 0 Å². The molecule has 1 rings (SSSR count). The zero-order chi connectivity index (χ0) is 11.4. The third kappa shape index (κ3) is 2.43. The number of hydrogen-bond acceptors (Lipinski definition) is 4. The average molecular weight is 213 g/mol. The van der Waals surface area contributed by atoms with Crippen LogP contribution in [0, 0.1) is 21.4 Å². The summed E-state index contributed by atoms with van der Waals surface area (Å²) < 4.78 is 24.8. The van der Waals surface area contributed by atoms with E-state index in [1.165, 1.54) is 0 Å². The van der Waals surface area contributed by atoms with Crippen LogP contribution in [0.2, 0.25) is 0 Å². The van der Waals surface area contributed by atoms with Crippen molar-refractivity contribution in [3.8, 4) is 6.07 Å². The van der Waals surface area contributed by atoms with E-state index < -0.39 is 22.9 Å². The Morgan fingerprint density at radius 2 is 2.27 bits per heavy atom. The summed E-state index contributed by atoms with van der Waals surface area (Å²) in [5.74, 6) is -0.646. The molecule has 0 unspecified atom stereocenters. The summed E-state index contributed by atoms with van der Waals surface area (Å²) in [4.78, 5) is 12.6. The van der Waals surface area contributed by atoms with Crippen molar-refractivity contribution in [1.82, 2.24) is 4.98 Å². The zero-order valence-corrected chi connectivity index (χ0v) is 7.35. The van der Waals surface area contributed by atoms with Crippen molar-refractivity contribution < 1.29 is 13.7 Å². The van der Waals surface area contributed by atoms with Crippen LogP contribution in [0.15, 0.2) is 12.1 Å². The van der Waals surface area contributed by atoms with Gasteiger partial charge in [0.2, 0.25) is 5.69 Å². The lowest BCUT2D eigenvalue weighted by atomic mass is 10.1. The van der Waals surface area contributed by atoms with Crippen LogP contribution in [-0.4, -0.2) is 9.91 Å². The van der Waals surface area contributed by atoms with Crippen molar-refractivity contribution in [3.05, 3.63) is 33.5 Å². The van der Waals surface area contributed by atoms with E-state index in [0.717, 1.165) is 12.1 Å². The number of nitrogens with zero attached hydrogens (tertiary/aromatic N) is 3. The Morgan fingerprint density at radius 1 is 1.60 bits per heavy atom. The van der Waals surface area contributed by atoms with Gasteiger partial charge in [-0.15, -0.1) is 0 Å². The molecule has 0 N–H and O–H groups in total. The second kappa shape index (κ2) is 4.41. The second-order valence-corrected chi connectivity index (χ2v) is 2.61. The van der Waals surface area contributed by atoms with Crippen LogP contribution in [-0.2, 0) is 6.42 Å². The largest absolute Gasteiger partial charge is 0.363 e. The van der Waals surface area contributed by atoms with Gasteiger partial charge in [0.15, 0.2) is 0 Å². The molecule has 0 atom stereocenters. The molecule has 78 valence electrons. The molecule has 15 heavy (non-hydrogen) atoms. The van der Waals surface area contributed by atoms with Gasteiger partial charge in [0.05, 0.1) is 12.5 Å². The molecular formula is C8H5F2N3O2. The number of nitriles is 1. The number of pyridine rings is 1. The number of alkyl halides is 2. The second-order valence-electron chi connectivity index (χ2n) is 2.61. The monoisotopic (exact) mass is 213 g/mol. The molecule has 1 heterocycles. The summed E-state index contributed by atoms with van der Waals surface area (Å²) in [6.45, 7) is 0. The molecule has 0 saturated heterocycles. The fraction of sp³-hybridized carbons (Fsp3) is 0.250. The lowest BCUT2D eigenvalue weighted by Crippen LogP contribution is -2.01. The third-order valence-corrected chi connectivity index (χ3v) is 1.66. The Labute approximate surface area is 83.1 Å². The summed E-state index contributed by atoms with van der Waals surface area (Å²) in [5, 5.41) is 18.6. The molecule has 0 spiro atoms. The van der Waals surface area contributed by atoms with Crippen LogP contribution >= 0.6 is 0 Å². The van der Waals surface area contributed by atoms with Crippen molar-refractivity contribution in [1.29, 1.82) is 5.26 Å². The van der Waals surface area contributed by atoms with E-state index in [1.807, 2.05) is 0 Å². The zero-order valence-electron chi connectivity index (χ0n) is 7.35. The molecule has 0 aromatic carbocycles. The van der Waals surface area contributed by atoms with Crippen molar-refractivity contribution in [2.75, 3.05) is 0 Å². The molecule has 0 aliphatic rings. The number of nitro groups is 1. The van der Waals surface area contributed by atoms with E-state index in [9.17, 15) is 18.9 Å². The lowest BCUT2D eigenvalue weighted by Gasteiger charge is -2.00. The predicted molar refractivity (Wildman–Crippen MR) is 45.2 cm³/mol. The van der Waals surface area contributed by atoms with Crippen molar-refractivity contribution in [2.24, 2.45) is 0 Å². The average Bonchev–Trinajstić information content (AvgIpc) is 2.18. The highest BCUT2D eigenvalue weighted by Gasteiger charge is 2.22. The molecule has 0 aliphatic carbocycles. The van der Waals surface area contributed by atoms with Gasteiger partial charge in [-0.1, -0.05) is 0 Å². The Kier molecular flexibility index (Phi) is 3.23. The van der Waals surface area contributed by atoms with Gasteiger partial charge in [0.25, 0.3) is 0 Å². The number of aromatic nitrogens is 1. The third-order valence-electron chi connectivity index (χ3n) is 1.66. The van der Waals surface area contributed by atoms with E-state index in [4.69, 9.17) is 5.26 Å². The molecule has 0 amide bonds. The van der Waals surface area contributed by atoms with Crippen LogP contribution in [0.4, 0.5) is 14.6 Å². The number of rotatable bonds is 3. The SMILES string of the molecule is N#CCc1ccc([N+](=O)[O-])nc1C(F)F. The highest BCUT2D eigenvalue weighted by molar-refractivity contribution is 5.31. The smallest absolute Gasteiger partial charge is 0.358 e. The minimum atomic E-state index is -2.92. The molecule has 1 aromatic heterocycles. The Balaban J connectivity index is 3.22. The van der Waals surface area contributed by atoms with E-state index in [-0.39, 0.29) is 12.0 Å². The van der Waals surface area contributed by atoms with Gasteiger partial charge in [-0.3, -0.25) is 0 Å². The highest BCUT2D eigenvalue weighted by Crippen LogP contribution is 2.23. The summed E-state index contributed by atoms with van der Waals surface area (Å²) in [6.07, 6.45) is -3.17. The van der Waals surface area contributed by atoms with Gasteiger partial charge in [0.1, 0.15) is 0 Å². The van der Waals surface area contributed by atoms with Crippen LogP contribution in [0.5, 0.6) is 0 Å². The van der Waals surface area contributed by atoms with E-state index in [1.54, 1.807) is 6.07 Å². The van der Waals surface area contributed by atoms with Gasteiger partial charge in [-0.25, -0.2) is 8.78 Å². The minimum Gasteiger partial charge on any atom is -0.358 e. The summed E-state index contributed by atoms with van der Waals surface area (Å²) in [5.41, 5.74) is -0.691. The first-order chi connectivity index (χ1) is 7.06. The first kappa shape index (κ1) is 11.0. The van der Waals surface area contributed by atoms with E-state index in [0.29, 0.717) is 0 Å². The quantitative estimate of drug-likeness (QED) is 0.568. The summed E-state index contributed by atoms with van der Waals surface area (Å²) in [7, 11) is 0. The standard InChI is InChI=1S/C8H5F2N3O2/c9-8(10)7-5(3-4-11)1-2-6(12-7)13(14)15/h1-2,8H,3H2. The fourth-order valence-electron chi connectivity index (χ4n) is 1.02. The molecule has 0 radical (unpaired) electrons. The Hall–Kier alpha value is -2.10. The molecule has 0 fully saturated rings. The van der Waals surface area contributed by atoms with E-state index >= 15 is 0 Å². The van der Waals surface area contributed by atoms with Crippen LogP contribution < -0.4 is 0 Å². The van der Waals surface area contributed by atoms with Crippen molar-refractivity contribution in [2.45, 2.75) is 12.8 Å². The van der Waals surface area contributed by atoms with Crippen LogP contribution in [0.3, 0.4) is 0 Å². The maximum absolute atomic E-state index is 12.4. The Morgan fingerprint density at radius 3 is 2.73 bits per heavy atom. The molecule has 1 aromatic rings. The number of hydrogen-bond donors (Lipinski definition) is 0. The number of halogens is 2. The van der Waals surface area contributed by atoms with Crippen molar-refractivity contribution >= 4 is 5.82 Å². The topological polar surface area (TPSA) is 79.8 Å². The molecule has 0 bridgehead atoms. The maximum Gasteiger partial charge on any atom is 0.363 e.